The van der Waals surface area contributed by atoms with Gasteiger partial charge in [0, 0.05) is 12.1 Å². The summed E-state index contributed by atoms with van der Waals surface area (Å²) < 4.78 is 12.7. The van der Waals surface area contributed by atoms with Gasteiger partial charge in [-0.05, 0) is 11.6 Å². The number of halogens is 1. The molecular weight excluding hydrogens is 219 g/mol. The van der Waals surface area contributed by atoms with Crippen molar-refractivity contribution in [2.24, 2.45) is 0 Å². The number of hydrogen-bond donors (Lipinski definition) is 0. The van der Waals surface area contributed by atoms with E-state index in [9.17, 15) is 4.39 Å². The summed E-state index contributed by atoms with van der Waals surface area (Å²) in [5.41, 5.74) is 1.08. The number of nitrogens with zero attached hydrogens (tertiary/aromatic N) is 4. The lowest BCUT2D eigenvalue weighted by molar-refractivity contribution is 0.605. The van der Waals surface area contributed by atoms with Crippen LogP contribution in [0.3, 0.4) is 0 Å². The van der Waals surface area contributed by atoms with Crippen LogP contribution < -0.4 is 0 Å². The van der Waals surface area contributed by atoms with E-state index < -0.39 is 5.82 Å². The average Bonchev–Trinajstić information content (AvgIpc) is 2.39. The standard InChI is InChI=1S/C12H9FN4/c1-8(12-16-6-9(13)7-17-12)10-3-2-4-15-11(10)5-14/h2-4,6-8H,1H3. The van der Waals surface area contributed by atoms with Crippen molar-refractivity contribution in [2.75, 3.05) is 0 Å². The lowest BCUT2D eigenvalue weighted by Gasteiger charge is -2.10. The van der Waals surface area contributed by atoms with Crippen molar-refractivity contribution in [3.05, 3.63) is 53.6 Å². The zero-order valence-corrected chi connectivity index (χ0v) is 9.13. The normalized spacial score (nSPS) is 11.8. The Morgan fingerprint density at radius 2 is 2.00 bits per heavy atom. The summed E-state index contributed by atoms with van der Waals surface area (Å²) in [5.74, 6) is -0.206. The molecule has 2 aromatic heterocycles. The van der Waals surface area contributed by atoms with Gasteiger partial charge in [0.1, 0.15) is 17.6 Å². The molecule has 0 aromatic carbocycles. The van der Waals surface area contributed by atoms with Crippen LogP contribution in [-0.4, -0.2) is 15.0 Å². The molecule has 0 aliphatic rings. The molecule has 2 aromatic rings. The largest absolute Gasteiger partial charge is 0.245 e. The van der Waals surface area contributed by atoms with Crippen molar-refractivity contribution >= 4 is 0 Å². The van der Waals surface area contributed by atoms with Gasteiger partial charge in [-0.1, -0.05) is 13.0 Å². The first-order valence-electron chi connectivity index (χ1n) is 5.05. The van der Waals surface area contributed by atoms with Gasteiger partial charge in [0.05, 0.1) is 12.4 Å². The van der Waals surface area contributed by atoms with Gasteiger partial charge >= 0.3 is 0 Å². The predicted octanol–water partition coefficient (Wildman–Crippen LogP) is 2.03. The summed E-state index contributed by atoms with van der Waals surface area (Å²) in [6.07, 6.45) is 3.78. The summed E-state index contributed by atoms with van der Waals surface area (Å²) in [4.78, 5) is 11.8. The molecular formula is C12H9FN4. The molecule has 0 aliphatic heterocycles. The Kier molecular flexibility index (Phi) is 3.06. The van der Waals surface area contributed by atoms with Crippen LogP contribution >= 0.6 is 0 Å². The van der Waals surface area contributed by atoms with Crippen LogP contribution in [0.15, 0.2) is 30.7 Å². The molecule has 17 heavy (non-hydrogen) atoms. The molecule has 0 aliphatic carbocycles. The lowest BCUT2D eigenvalue weighted by Crippen LogP contribution is -2.05. The molecule has 2 heterocycles. The van der Waals surface area contributed by atoms with E-state index in [-0.39, 0.29) is 5.92 Å². The van der Waals surface area contributed by atoms with E-state index in [0.29, 0.717) is 11.5 Å². The Balaban J connectivity index is 2.40. The minimum atomic E-state index is -0.479. The van der Waals surface area contributed by atoms with E-state index in [0.717, 1.165) is 18.0 Å². The van der Waals surface area contributed by atoms with Crippen LogP contribution in [0.5, 0.6) is 0 Å². The van der Waals surface area contributed by atoms with E-state index in [1.165, 1.54) is 0 Å². The van der Waals surface area contributed by atoms with Crippen LogP contribution in [-0.2, 0) is 0 Å². The maximum absolute atomic E-state index is 12.7. The average molecular weight is 228 g/mol. The van der Waals surface area contributed by atoms with Crippen molar-refractivity contribution in [3.8, 4) is 6.07 Å². The number of rotatable bonds is 2. The minimum absolute atomic E-state index is 0.195. The molecule has 0 bridgehead atoms. The predicted molar refractivity (Wildman–Crippen MR) is 58.5 cm³/mol. The summed E-state index contributed by atoms with van der Waals surface area (Å²) in [6.45, 7) is 1.85. The van der Waals surface area contributed by atoms with Gasteiger partial charge in [0.15, 0.2) is 5.82 Å². The molecule has 1 atom stereocenters. The Morgan fingerprint density at radius 3 is 2.65 bits per heavy atom. The molecule has 0 radical (unpaired) electrons. The highest BCUT2D eigenvalue weighted by atomic mass is 19.1. The van der Waals surface area contributed by atoms with E-state index >= 15 is 0 Å². The SMILES string of the molecule is CC(c1ncc(F)cn1)c1cccnc1C#N. The second-order valence-corrected chi connectivity index (χ2v) is 3.53. The van der Waals surface area contributed by atoms with Crippen LogP contribution in [0.1, 0.15) is 29.9 Å². The van der Waals surface area contributed by atoms with Gasteiger partial charge in [0.2, 0.25) is 0 Å². The molecule has 0 spiro atoms. The summed E-state index contributed by atoms with van der Waals surface area (Å²) in [6, 6.07) is 5.56. The first-order valence-corrected chi connectivity index (χ1v) is 5.05. The van der Waals surface area contributed by atoms with Crippen molar-refractivity contribution in [1.82, 2.24) is 15.0 Å². The van der Waals surface area contributed by atoms with Crippen molar-refractivity contribution < 1.29 is 4.39 Å². The highest BCUT2D eigenvalue weighted by molar-refractivity contribution is 5.36. The third-order valence-corrected chi connectivity index (χ3v) is 2.44. The monoisotopic (exact) mass is 228 g/mol. The zero-order chi connectivity index (χ0) is 12.3. The molecule has 84 valence electrons. The number of nitriles is 1. The zero-order valence-electron chi connectivity index (χ0n) is 9.13. The van der Waals surface area contributed by atoms with Crippen molar-refractivity contribution in [1.29, 1.82) is 5.26 Å². The third-order valence-electron chi connectivity index (χ3n) is 2.44. The molecule has 0 saturated carbocycles. The number of hydrogen-bond acceptors (Lipinski definition) is 4. The van der Waals surface area contributed by atoms with Gasteiger partial charge in [-0.2, -0.15) is 5.26 Å². The first-order chi connectivity index (χ1) is 8.22. The van der Waals surface area contributed by atoms with Crippen molar-refractivity contribution in [2.45, 2.75) is 12.8 Å². The molecule has 5 heteroatoms. The topological polar surface area (TPSA) is 62.5 Å². The minimum Gasteiger partial charge on any atom is -0.245 e. The van der Waals surface area contributed by atoms with Crippen molar-refractivity contribution in [3.63, 3.8) is 0 Å². The van der Waals surface area contributed by atoms with E-state index in [2.05, 4.69) is 15.0 Å². The van der Waals surface area contributed by atoms with E-state index in [1.807, 2.05) is 13.0 Å². The number of aromatic nitrogens is 3. The number of pyridine rings is 1. The Hall–Kier alpha value is -2.35. The second kappa shape index (κ2) is 4.66. The second-order valence-electron chi connectivity index (χ2n) is 3.53. The van der Waals surface area contributed by atoms with Crippen LogP contribution in [0.4, 0.5) is 4.39 Å². The van der Waals surface area contributed by atoms with Crippen LogP contribution in [0.25, 0.3) is 0 Å². The molecule has 1 unspecified atom stereocenters. The Bertz CT molecular complexity index is 559. The Labute approximate surface area is 97.8 Å². The fraction of sp³-hybridized carbons (Fsp3) is 0.167. The summed E-state index contributed by atoms with van der Waals surface area (Å²) >= 11 is 0. The van der Waals surface area contributed by atoms with Gasteiger partial charge in [-0.3, -0.25) is 0 Å². The van der Waals surface area contributed by atoms with Gasteiger partial charge in [0.25, 0.3) is 0 Å². The molecule has 0 fully saturated rings. The van der Waals surface area contributed by atoms with Crippen LogP contribution in [0.2, 0.25) is 0 Å². The molecule has 4 nitrogen and oxygen atoms in total. The Morgan fingerprint density at radius 1 is 1.29 bits per heavy atom. The fourth-order valence-corrected chi connectivity index (χ4v) is 1.55. The smallest absolute Gasteiger partial charge is 0.159 e. The van der Waals surface area contributed by atoms with E-state index in [4.69, 9.17) is 5.26 Å². The van der Waals surface area contributed by atoms with Gasteiger partial charge in [-0.15, -0.1) is 0 Å². The van der Waals surface area contributed by atoms with E-state index in [1.54, 1.807) is 18.3 Å². The summed E-state index contributed by atoms with van der Waals surface area (Å²) in [7, 11) is 0. The highest BCUT2D eigenvalue weighted by Gasteiger charge is 2.15. The molecule has 0 saturated heterocycles. The first kappa shape index (κ1) is 11.1. The fourth-order valence-electron chi connectivity index (χ4n) is 1.55. The highest BCUT2D eigenvalue weighted by Crippen LogP contribution is 2.22. The summed E-state index contributed by atoms with van der Waals surface area (Å²) in [5, 5.41) is 8.95. The molecule has 0 amide bonds. The third kappa shape index (κ3) is 2.26. The van der Waals surface area contributed by atoms with Gasteiger partial charge < -0.3 is 0 Å². The maximum atomic E-state index is 12.7. The maximum Gasteiger partial charge on any atom is 0.159 e. The molecule has 0 N–H and O–H groups in total. The quantitative estimate of drug-likeness (QED) is 0.789. The molecule has 2 rings (SSSR count). The van der Waals surface area contributed by atoms with Gasteiger partial charge in [-0.25, -0.2) is 19.3 Å². The lowest BCUT2D eigenvalue weighted by atomic mass is 9.99. The van der Waals surface area contributed by atoms with Crippen LogP contribution in [0, 0.1) is 17.1 Å².